The number of rotatable bonds is 5. The normalized spacial score (nSPS) is 29.0. The summed E-state index contributed by atoms with van der Waals surface area (Å²) in [7, 11) is -1.88. The quantitative estimate of drug-likeness (QED) is 0.518. The van der Waals surface area contributed by atoms with Gasteiger partial charge in [0.1, 0.15) is 5.69 Å². The molecule has 0 bridgehead atoms. The topological polar surface area (TPSA) is 93.0 Å². The van der Waals surface area contributed by atoms with Crippen molar-refractivity contribution in [2.75, 3.05) is 31.6 Å². The SMILES string of the molecule is CN(c1ccc(S(=O)(=O)N2CCCCCC2)cc1[N+](=O)[O-])C1C2CCOC2C1(C)C. The Labute approximate surface area is 178 Å². The van der Waals surface area contributed by atoms with Crippen molar-refractivity contribution < 1.29 is 18.1 Å². The van der Waals surface area contributed by atoms with Gasteiger partial charge < -0.3 is 9.64 Å². The molecule has 9 heteroatoms. The van der Waals surface area contributed by atoms with E-state index in [1.54, 1.807) is 6.07 Å². The summed E-state index contributed by atoms with van der Waals surface area (Å²) >= 11 is 0. The van der Waals surface area contributed by atoms with E-state index in [-0.39, 0.29) is 28.1 Å². The predicted octanol–water partition coefficient (Wildman–Crippen LogP) is 3.41. The van der Waals surface area contributed by atoms with Crippen LogP contribution in [0.15, 0.2) is 23.1 Å². The maximum atomic E-state index is 13.1. The second kappa shape index (κ2) is 7.76. The molecule has 3 unspecified atom stereocenters. The zero-order valence-electron chi connectivity index (χ0n) is 17.9. The molecule has 0 radical (unpaired) electrons. The van der Waals surface area contributed by atoms with Crippen molar-refractivity contribution in [3.63, 3.8) is 0 Å². The van der Waals surface area contributed by atoms with E-state index in [9.17, 15) is 18.5 Å². The summed E-state index contributed by atoms with van der Waals surface area (Å²) < 4.78 is 33.6. The molecule has 0 spiro atoms. The van der Waals surface area contributed by atoms with Crippen LogP contribution in [0.2, 0.25) is 0 Å². The molecule has 30 heavy (non-hydrogen) atoms. The number of hydrogen-bond acceptors (Lipinski definition) is 6. The van der Waals surface area contributed by atoms with Gasteiger partial charge in [0.15, 0.2) is 0 Å². The highest BCUT2D eigenvalue weighted by Crippen LogP contribution is 2.55. The predicted molar refractivity (Wildman–Crippen MR) is 114 cm³/mol. The first kappa shape index (κ1) is 21.5. The van der Waals surface area contributed by atoms with Crippen molar-refractivity contribution in [1.29, 1.82) is 0 Å². The lowest BCUT2D eigenvalue weighted by Gasteiger charge is -2.58. The third-order valence-electron chi connectivity index (χ3n) is 7.18. The average molecular weight is 438 g/mol. The molecule has 0 N–H and O–H groups in total. The van der Waals surface area contributed by atoms with Crippen molar-refractivity contribution in [3.8, 4) is 0 Å². The van der Waals surface area contributed by atoms with Crippen LogP contribution in [0.25, 0.3) is 0 Å². The number of ether oxygens (including phenoxy) is 1. The molecule has 2 aliphatic heterocycles. The Balaban J connectivity index is 1.66. The molecule has 3 aliphatic rings. The minimum Gasteiger partial charge on any atom is -0.377 e. The minimum absolute atomic E-state index is 0.00296. The third kappa shape index (κ3) is 3.40. The summed E-state index contributed by atoms with van der Waals surface area (Å²) in [6, 6.07) is 4.47. The van der Waals surface area contributed by atoms with E-state index in [2.05, 4.69) is 13.8 Å². The van der Waals surface area contributed by atoms with Crippen LogP contribution in [0.3, 0.4) is 0 Å². The lowest BCUT2D eigenvalue weighted by molar-refractivity contribution is -0.384. The first-order valence-electron chi connectivity index (χ1n) is 10.8. The van der Waals surface area contributed by atoms with Gasteiger partial charge in [0, 0.05) is 50.2 Å². The van der Waals surface area contributed by atoms with Gasteiger partial charge >= 0.3 is 0 Å². The Bertz CT molecular complexity index is 925. The highest BCUT2D eigenvalue weighted by molar-refractivity contribution is 7.89. The molecular formula is C21H31N3O5S. The summed E-state index contributed by atoms with van der Waals surface area (Å²) in [5.74, 6) is 0.338. The first-order chi connectivity index (χ1) is 14.2. The third-order valence-corrected chi connectivity index (χ3v) is 9.08. The highest BCUT2D eigenvalue weighted by atomic mass is 32.2. The van der Waals surface area contributed by atoms with Crippen LogP contribution >= 0.6 is 0 Å². The number of hydrogen-bond donors (Lipinski definition) is 0. The molecule has 0 aromatic heterocycles. The molecule has 166 valence electrons. The first-order valence-corrected chi connectivity index (χ1v) is 12.2. The number of benzene rings is 1. The van der Waals surface area contributed by atoms with Crippen molar-refractivity contribution in [2.45, 2.75) is 63.0 Å². The van der Waals surface area contributed by atoms with Crippen LogP contribution in [0.5, 0.6) is 0 Å². The van der Waals surface area contributed by atoms with Crippen molar-refractivity contribution in [2.24, 2.45) is 11.3 Å². The molecule has 1 aromatic rings. The summed E-state index contributed by atoms with van der Waals surface area (Å²) in [6.07, 6.45) is 4.79. The summed E-state index contributed by atoms with van der Waals surface area (Å²) in [6.45, 7) is 5.92. The Hall–Kier alpha value is -1.71. The average Bonchev–Trinajstić information content (AvgIpc) is 2.95. The van der Waals surface area contributed by atoms with Gasteiger partial charge in [-0.25, -0.2) is 8.42 Å². The van der Waals surface area contributed by atoms with Crippen LogP contribution in [-0.2, 0) is 14.8 Å². The smallest absolute Gasteiger partial charge is 0.293 e. The van der Waals surface area contributed by atoms with Gasteiger partial charge in [-0.3, -0.25) is 10.1 Å². The molecular weight excluding hydrogens is 406 g/mol. The molecule has 8 nitrogen and oxygen atoms in total. The van der Waals surface area contributed by atoms with E-state index in [1.807, 2.05) is 11.9 Å². The van der Waals surface area contributed by atoms with Crippen molar-refractivity contribution in [3.05, 3.63) is 28.3 Å². The molecule has 1 aromatic carbocycles. The van der Waals surface area contributed by atoms with E-state index >= 15 is 0 Å². The lowest BCUT2D eigenvalue weighted by atomic mass is 9.56. The van der Waals surface area contributed by atoms with Crippen molar-refractivity contribution >= 4 is 21.4 Å². The maximum Gasteiger partial charge on any atom is 0.293 e. The molecule has 1 aliphatic carbocycles. The Kier molecular flexibility index (Phi) is 5.57. The molecule has 2 heterocycles. The fourth-order valence-electron chi connectivity index (χ4n) is 5.77. The number of sulfonamides is 1. The van der Waals surface area contributed by atoms with E-state index in [0.29, 0.717) is 24.7 Å². The highest BCUT2D eigenvalue weighted by Gasteiger charge is 2.61. The summed E-state index contributed by atoms with van der Waals surface area (Å²) in [5.41, 5.74) is 0.172. The molecule has 3 fully saturated rings. The second-order valence-electron chi connectivity index (χ2n) is 9.35. The Morgan fingerprint density at radius 1 is 1.20 bits per heavy atom. The zero-order chi connectivity index (χ0) is 21.7. The van der Waals surface area contributed by atoms with E-state index in [1.165, 1.54) is 16.4 Å². The van der Waals surface area contributed by atoms with Gasteiger partial charge in [0.2, 0.25) is 10.0 Å². The van der Waals surface area contributed by atoms with Gasteiger partial charge in [-0.15, -0.1) is 0 Å². The number of nitrogens with zero attached hydrogens (tertiary/aromatic N) is 3. The summed E-state index contributed by atoms with van der Waals surface area (Å²) in [4.78, 5) is 13.4. The van der Waals surface area contributed by atoms with Gasteiger partial charge in [0.05, 0.1) is 15.9 Å². The minimum atomic E-state index is -3.74. The molecule has 3 atom stereocenters. The van der Waals surface area contributed by atoms with E-state index in [4.69, 9.17) is 4.74 Å². The lowest BCUT2D eigenvalue weighted by Crippen LogP contribution is -2.66. The number of fused-ring (bicyclic) bond motifs is 1. The van der Waals surface area contributed by atoms with Crippen LogP contribution < -0.4 is 4.90 Å². The molecule has 0 amide bonds. The monoisotopic (exact) mass is 437 g/mol. The second-order valence-corrected chi connectivity index (χ2v) is 11.3. The van der Waals surface area contributed by atoms with Gasteiger partial charge in [-0.2, -0.15) is 4.31 Å². The van der Waals surface area contributed by atoms with Gasteiger partial charge in [-0.05, 0) is 31.4 Å². The van der Waals surface area contributed by atoms with Crippen LogP contribution in [0.4, 0.5) is 11.4 Å². The fraction of sp³-hybridized carbons (Fsp3) is 0.714. The Morgan fingerprint density at radius 3 is 2.50 bits per heavy atom. The standard InChI is InChI=1S/C21H31N3O5S/c1-21(2)19(16-10-13-29-20(16)21)22(3)17-9-8-15(14-18(17)24(25)26)30(27,28)23-11-6-4-5-7-12-23/h8-9,14,16,19-20H,4-7,10-13H2,1-3H3. The fourth-order valence-corrected chi connectivity index (χ4v) is 7.31. The van der Waals surface area contributed by atoms with Crippen LogP contribution in [-0.4, -0.2) is 56.5 Å². The molecule has 4 rings (SSSR count). The number of anilines is 1. The maximum absolute atomic E-state index is 13.1. The van der Waals surface area contributed by atoms with Gasteiger partial charge in [-0.1, -0.05) is 26.7 Å². The molecule has 2 saturated heterocycles. The van der Waals surface area contributed by atoms with E-state index in [0.717, 1.165) is 38.7 Å². The molecule has 1 saturated carbocycles. The number of nitro benzene ring substituents is 1. The van der Waals surface area contributed by atoms with Crippen molar-refractivity contribution in [1.82, 2.24) is 4.31 Å². The van der Waals surface area contributed by atoms with E-state index < -0.39 is 14.9 Å². The van der Waals surface area contributed by atoms with Crippen LogP contribution in [0.1, 0.15) is 46.0 Å². The Morgan fingerprint density at radius 2 is 1.87 bits per heavy atom. The number of nitro groups is 1. The van der Waals surface area contributed by atoms with Crippen LogP contribution in [0, 0.1) is 21.4 Å². The summed E-state index contributed by atoms with van der Waals surface area (Å²) in [5, 5.41) is 11.9. The van der Waals surface area contributed by atoms with Gasteiger partial charge in [0.25, 0.3) is 5.69 Å². The zero-order valence-corrected chi connectivity index (χ0v) is 18.7. The largest absolute Gasteiger partial charge is 0.377 e.